The molecule has 1 heterocycles. The van der Waals surface area contributed by atoms with Crippen molar-refractivity contribution in [3.8, 4) is 0 Å². The highest BCUT2D eigenvalue weighted by Crippen LogP contribution is 2.13. The Hall–Kier alpha value is -3.43. The van der Waals surface area contributed by atoms with E-state index in [2.05, 4.69) is 26.6 Å². The quantitative estimate of drug-likeness (QED) is 0.309. The first-order chi connectivity index (χ1) is 19.3. The van der Waals surface area contributed by atoms with Crippen LogP contribution >= 0.6 is 0 Å². The number of carbonyl (C=O) groups is 5. The molecule has 1 aromatic rings. The van der Waals surface area contributed by atoms with E-state index in [1.807, 2.05) is 71.9 Å². The molecular formula is C31H49N5O5. The van der Waals surface area contributed by atoms with Crippen molar-refractivity contribution in [2.75, 3.05) is 0 Å². The maximum atomic E-state index is 13.7. The van der Waals surface area contributed by atoms with Gasteiger partial charge in [0.15, 0.2) is 0 Å². The average molecular weight is 572 g/mol. The molecule has 10 heteroatoms. The van der Waals surface area contributed by atoms with E-state index in [0.717, 1.165) is 5.56 Å². The van der Waals surface area contributed by atoms with Crippen LogP contribution in [0.1, 0.15) is 79.7 Å². The third-order valence-electron chi connectivity index (χ3n) is 6.98. The lowest BCUT2D eigenvalue weighted by Gasteiger charge is -2.27. The fourth-order valence-corrected chi connectivity index (χ4v) is 4.88. The third-order valence-corrected chi connectivity index (χ3v) is 6.98. The van der Waals surface area contributed by atoms with Gasteiger partial charge in [0.1, 0.15) is 30.2 Å². The molecule has 5 atom stereocenters. The van der Waals surface area contributed by atoms with Crippen molar-refractivity contribution < 1.29 is 24.0 Å². The largest absolute Gasteiger partial charge is 0.343 e. The summed E-state index contributed by atoms with van der Waals surface area (Å²) in [6, 6.07) is 4.67. The zero-order chi connectivity index (χ0) is 30.7. The van der Waals surface area contributed by atoms with Crippen molar-refractivity contribution in [2.45, 2.75) is 111 Å². The number of nitrogens with one attached hydrogen (secondary N) is 5. The van der Waals surface area contributed by atoms with E-state index in [4.69, 9.17) is 0 Å². The van der Waals surface area contributed by atoms with Gasteiger partial charge in [-0.3, -0.25) is 24.0 Å². The van der Waals surface area contributed by atoms with Crippen molar-refractivity contribution in [1.29, 1.82) is 0 Å². The number of amides is 5. The summed E-state index contributed by atoms with van der Waals surface area (Å²) in [5, 5.41) is 14.1. The summed E-state index contributed by atoms with van der Waals surface area (Å²) in [5.41, 5.74) is 0.831. The molecule has 1 aliphatic rings. The molecule has 2 rings (SSSR count). The standard InChI is InChI=1S/C31H49N5O5/c1-8-22-27(37)33-24(15-19(4)5)30(40)36-26(17-21-12-10-9-11-13-21)31(41)35-25(16-20(6)7)29(39)34-23(14-18(2)3)28(38)32-22/h9-13,18-20,22-26H,8,14-17H2,1-7H3,(H,32,38)(H,33,37)(H,34,39)(H,35,41)(H,36,40)/t22-,23-,24-,25-,26-/m0/s1. The van der Waals surface area contributed by atoms with Gasteiger partial charge in [0.25, 0.3) is 0 Å². The van der Waals surface area contributed by atoms with E-state index in [-0.39, 0.29) is 24.2 Å². The van der Waals surface area contributed by atoms with E-state index in [1.165, 1.54) is 0 Å². The van der Waals surface area contributed by atoms with E-state index in [1.54, 1.807) is 6.92 Å². The molecule has 5 amide bonds. The highest BCUT2D eigenvalue weighted by molar-refractivity contribution is 5.98. The van der Waals surface area contributed by atoms with Crippen molar-refractivity contribution in [1.82, 2.24) is 26.6 Å². The molecule has 0 spiro atoms. The number of rotatable bonds is 9. The lowest BCUT2D eigenvalue weighted by atomic mass is 9.99. The number of hydrogen-bond donors (Lipinski definition) is 5. The minimum atomic E-state index is -0.989. The molecule has 5 N–H and O–H groups in total. The van der Waals surface area contributed by atoms with Crippen LogP contribution in [0.25, 0.3) is 0 Å². The predicted molar refractivity (Wildman–Crippen MR) is 158 cm³/mol. The molecule has 0 radical (unpaired) electrons. The Kier molecular flexibility index (Phi) is 13.3. The minimum Gasteiger partial charge on any atom is -0.343 e. The van der Waals surface area contributed by atoms with Gasteiger partial charge in [-0.25, -0.2) is 0 Å². The second-order valence-corrected chi connectivity index (χ2v) is 12.3. The molecule has 0 bridgehead atoms. The van der Waals surface area contributed by atoms with Gasteiger partial charge in [-0.1, -0.05) is 78.8 Å². The van der Waals surface area contributed by atoms with E-state index >= 15 is 0 Å². The monoisotopic (exact) mass is 571 g/mol. The Bertz CT molecular complexity index is 1040. The molecule has 0 saturated carbocycles. The summed E-state index contributed by atoms with van der Waals surface area (Å²) in [6.45, 7) is 13.4. The first kappa shape index (κ1) is 33.8. The van der Waals surface area contributed by atoms with Crippen LogP contribution in [0.2, 0.25) is 0 Å². The van der Waals surface area contributed by atoms with Crippen molar-refractivity contribution in [3.05, 3.63) is 35.9 Å². The number of benzene rings is 1. The second kappa shape index (κ2) is 16.1. The highest BCUT2D eigenvalue weighted by Gasteiger charge is 2.34. The average Bonchev–Trinajstić information content (AvgIpc) is 2.89. The lowest BCUT2D eigenvalue weighted by Crippen LogP contribution is -2.58. The lowest BCUT2D eigenvalue weighted by molar-refractivity contribution is -0.134. The molecule has 1 aliphatic heterocycles. The zero-order valence-corrected chi connectivity index (χ0v) is 25.6. The van der Waals surface area contributed by atoms with Crippen LogP contribution in [0.5, 0.6) is 0 Å². The summed E-state index contributed by atoms with van der Waals surface area (Å²) < 4.78 is 0. The Labute approximate surface area is 244 Å². The molecule has 10 nitrogen and oxygen atoms in total. The SMILES string of the molecule is CC[C@@H]1NC(=O)[C@H](CC(C)C)NC(=O)[C@H](CC(C)C)NC(=O)[C@H](Cc2ccccc2)NC(=O)[C@H](CC(C)C)NC1=O. The molecule has 0 aliphatic carbocycles. The first-order valence-electron chi connectivity index (χ1n) is 14.9. The molecule has 1 aromatic carbocycles. The van der Waals surface area contributed by atoms with Crippen LogP contribution in [0.4, 0.5) is 0 Å². The molecular weight excluding hydrogens is 522 g/mol. The van der Waals surface area contributed by atoms with Crippen molar-refractivity contribution in [2.24, 2.45) is 17.8 Å². The van der Waals surface area contributed by atoms with Gasteiger partial charge in [0.05, 0.1) is 0 Å². The zero-order valence-electron chi connectivity index (χ0n) is 25.6. The topological polar surface area (TPSA) is 146 Å². The fraction of sp³-hybridized carbons (Fsp3) is 0.645. The third kappa shape index (κ3) is 11.2. The normalized spacial score (nSPS) is 25.1. The van der Waals surface area contributed by atoms with Crippen LogP contribution < -0.4 is 26.6 Å². The molecule has 1 fully saturated rings. The van der Waals surface area contributed by atoms with Crippen molar-refractivity contribution >= 4 is 29.5 Å². The van der Waals surface area contributed by atoms with Gasteiger partial charge >= 0.3 is 0 Å². The number of hydrogen-bond acceptors (Lipinski definition) is 5. The summed E-state index contributed by atoms with van der Waals surface area (Å²) in [5.74, 6) is -2.26. The van der Waals surface area contributed by atoms with E-state index < -0.39 is 59.7 Å². The summed E-state index contributed by atoms with van der Waals surface area (Å²) in [6.07, 6.45) is 1.53. The van der Waals surface area contributed by atoms with Gasteiger partial charge in [-0.2, -0.15) is 0 Å². The maximum Gasteiger partial charge on any atom is 0.243 e. The highest BCUT2D eigenvalue weighted by atomic mass is 16.2. The van der Waals surface area contributed by atoms with Gasteiger partial charge < -0.3 is 26.6 Å². The Morgan fingerprint density at radius 3 is 1.20 bits per heavy atom. The fourth-order valence-electron chi connectivity index (χ4n) is 4.88. The molecule has 0 aromatic heterocycles. The number of carbonyl (C=O) groups excluding carboxylic acids is 5. The summed E-state index contributed by atoms with van der Waals surface area (Å²) in [4.78, 5) is 67.4. The van der Waals surface area contributed by atoms with Gasteiger partial charge in [-0.15, -0.1) is 0 Å². The smallest absolute Gasteiger partial charge is 0.243 e. The van der Waals surface area contributed by atoms with Gasteiger partial charge in [0.2, 0.25) is 29.5 Å². The van der Waals surface area contributed by atoms with Crippen LogP contribution in [-0.4, -0.2) is 59.7 Å². The van der Waals surface area contributed by atoms with Gasteiger partial charge in [-0.05, 0) is 49.0 Å². The second-order valence-electron chi connectivity index (χ2n) is 12.3. The van der Waals surface area contributed by atoms with Crippen LogP contribution in [0.3, 0.4) is 0 Å². The first-order valence-corrected chi connectivity index (χ1v) is 14.9. The Balaban J connectivity index is 2.55. The Morgan fingerprint density at radius 1 is 0.512 bits per heavy atom. The van der Waals surface area contributed by atoms with Gasteiger partial charge in [0, 0.05) is 6.42 Å². The predicted octanol–water partition coefficient (Wildman–Crippen LogP) is 2.22. The Morgan fingerprint density at radius 2 is 0.829 bits per heavy atom. The van der Waals surface area contributed by atoms with Crippen LogP contribution in [-0.2, 0) is 30.4 Å². The molecule has 1 saturated heterocycles. The summed E-state index contributed by atoms with van der Waals surface area (Å²) >= 11 is 0. The van der Waals surface area contributed by atoms with Crippen LogP contribution in [0.15, 0.2) is 30.3 Å². The molecule has 228 valence electrons. The summed E-state index contributed by atoms with van der Waals surface area (Å²) in [7, 11) is 0. The molecule has 41 heavy (non-hydrogen) atoms. The van der Waals surface area contributed by atoms with E-state index in [9.17, 15) is 24.0 Å². The minimum absolute atomic E-state index is 0.0642. The van der Waals surface area contributed by atoms with Crippen LogP contribution in [0, 0.1) is 17.8 Å². The molecule has 0 unspecified atom stereocenters. The van der Waals surface area contributed by atoms with E-state index in [0.29, 0.717) is 25.7 Å². The maximum absolute atomic E-state index is 13.7. The van der Waals surface area contributed by atoms with Crippen molar-refractivity contribution in [3.63, 3.8) is 0 Å².